The number of nitrogens with one attached hydrogen (secondary N) is 1. The summed E-state index contributed by atoms with van der Waals surface area (Å²) >= 11 is 5.84. The first-order chi connectivity index (χ1) is 8.56. The second kappa shape index (κ2) is 5.67. The summed E-state index contributed by atoms with van der Waals surface area (Å²) in [6.07, 6.45) is 5.17. The third-order valence-electron chi connectivity index (χ3n) is 3.42. The highest BCUT2D eigenvalue weighted by Gasteiger charge is 2.24. The number of aromatic nitrogens is 1. The molecule has 98 valence electrons. The summed E-state index contributed by atoms with van der Waals surface area (Å²) in [6.45, 7) is 1.87. The van der Waals surface area contributed by atoms with Gasteiger partial charge in [-0.2, -0.15) is 0 Å². The van der Waals surface area contributed by atoms with E-state index in [2.05, 4.69) is 10.3 Å². The fourth-order valence-corrected chi connectivity index (χ4v) is 2.36. The summed E-state index contributed by atoms with van der Waals surface area (Å²) in [5.74, 6) is 0.131. The van der Waals surface area contributed by atoms with Crippen LogP contribution in [0.2, 0.25) is 5.15 Å². The van der Waals surface area contributed by atoms with E-state index in [-0.39, 0.29) is 17.9 Å². The van der Waals surface area contributed by atoms with E-state index in [4.69, 9.17) is 17.3 Å². The van der Waals surface area contributed by atoms with Crippen molar-refractivity contribution in [2.24, 2.45) is 11.7 Å². The molecule has 1 amide bonds. The van der Waals surface area contributed by atoms with Crippen molar-refractivity contribution in [3.05, 3.63) is 23.0 Å². The number of amides is 1. The van der Waals surface area contributed by atoms with Crippen molar-refractivity contribution >= 4 is 23.2 Å². The minimum absolute atomic E-state index is 0.0606. The van der Waals surface area contributed by atoms with Gasteiger partial charge in [0.2, 0.25) is 5.91 Å². The summed E-state index contributed by atoms with van der Waals surface area (Å²) in [5, 5.41) is 3.36. The van der Waals surface area contributed by atoms with Gasteiger partial charge in [-0.05, 0) is 44.2 Å². The van der Waals surface area contributed by atoms with Crippen LogP contribution in [-0.2, 0) is 4.79 Å². The molecule has 3 N–H and O–H groups in total. The third-order valence-corrected chi connectivity index (χ3v) is 3.82. The van der Waals surface area contributed by atoms with Gasteiger partial charge in [-0.25, -0.2) is 4.98 Å². The van der Waals surface area contributed by atoms with Crippen molar-refractivity contribution in [2.75, 3.05) is 5.32 Å². The van der Waals surface area contributed by atoms with Gasteiger partial charge in [0.25, 0.3) is 0 Å². The molecule has 1 saturated carbocycles. The fourth-order valence-electron chi connectivity index (χ4n) is 2.25. The third kappa shape index (κ3) is 3.21. The highest BCUT2D eigenvalue weighted by Crippen LogP contribution is 2.25. The first-order valence-corrected chi connectivity index (χ1v) is 6.62. The van der Waals surface area contributed by atoms with Crippen molar-refractivity contribution < 1.29 is 4.79 Å². The molecule has 0 bridgehead atoms. The number of carbonyl (C=O) groups is 1. The van der Waals surface area contributed by atoms with Gasteiger partial charge < -0.3 is 11.1 Å². The first kappa shape index (κ1) is 13.3. The number of nitrogens with two attached hydrogens (primary N) is 1. The number of aryl methyl sites for hydroxylation is 1. The molecule has 1 aliphatic carbocycles. The molecule has 1 heterocycles. The van der Waals surface area contributed by atoms with Crippen LogP contribution in [0, 0.1) is 12.8 Å². The Kier molecular flexibility index (Phi) is 4.19. The van der Waals surface area contributed by atoms with Crippen LogP contribution >= 0.6 is 11.6 Å². The van der Waals surface area contributed by atoms with E-state index in [1.807, 2.05) is 13.0 Å². The van der Waals surface area contributed by atoms with Crippen LogP contribution < -0.4 is 11.1 Å². The number of anilines is 1. The molecule has 0 aliphatic heterocycles. The zero-order valence-corrected chi connectivity index (χ0v) is 11.2. The molecule has 0 atom stereocenters. The van der Waals surface area contributed by atoms with E-state index in [9.17, 15) is 4.79 Å². The molecule has 1 aliphatic rings. The molecule has 5 heteroatoms. The maximum Gasteiger partial charge on any atom is 0.227 e. The molecule has 0 radical (unpaired) electrons. The van der Waals surface area contributed by atoms with E-state index in [0.29, 0.717) is 10.8 Å². The minimum atomic E-state index is 0.0606. The SMILES string of the molecule is Cc1cc(NC(=O)C2CCC(N)CC2)cnc1Cl. The maximum atomic E-state index is 12.1. The predicted molar refractivity (Wildman–Crippen MR) is 72.5 cm³/mol. The number of nitrogens with zero attached hydrogens (tertiary/aromatic N) is 1. The van der Waals surface area contributed by atoms with Crippen LogP contribution in [0.4, 0.5) is 5.69 Å². The van der Waals surface area contributed by atoms with E-state index < -0.39 is 0 Å². The lowest BCUT2D eigenvalue weighted by molar-refractivity contribution is -0.120. The molecule has 0 unspecified atom stereocenters. The Labute approximate surface area is 112 Å². The summed E-state index contributed by atoms with van der Waals surface area (Å²) in [7, 11) is 0. The van der Waals surface area contributed by atoms with E-state index in [0.717, 1.165) is 31.2 Å². The lowest BCUT2D eigenvalue weighted by Gasteiger charge is -2.25. The summed E-state index contributed by atoms with van der Waals surface area (Å²) < 4.78 is 0. The number of hydrogen-bond donors (Lipinski definition) is 2. The number of halogens is 1. The molecule has 0 saturated heterocycles. The van der Waals surface area contributed by atoms with Crippen molar-refractivity contribution in [3.63, 3.8) is 0 Å². The van der Waals surface area contributed by atoms with Crippen LogP contribution in [0.3, 0.4) is 0 Å². The molecule has 0 spiro atoms. The summed E-state index contributed by atoms with van der Waals surface area (Å²) in [5.41, 5.74) is 7.40. The Morgan fingerprint density at radius 2 is 2.11 bits per heavy atom. The van der Waals surface area contributed by atoms with Crippen molar-refractivity contribution in [1.82, 2.24) is 4.98 Å². The number of pyridine rings is 1. The Bertz CT molecular complexity index is 442. The minimum Gasteiger partial charge on any atom is -0.328 e. The van der Waals surface area contributed by atoms with Crippen LogP contribution in [0.5, 0.6) is 0 Å². The van der Waals surface area contributed by atoms with Crippen molar-refractivity contribution in [3.8, 4) is 0 Å². The molecule has 2 rings (SSSR count). The zero-order chi connectivity index (χ0) is 13.1. The lowest BCUT2D eigenvalue weighted by atomic mass is 9.86. The van der Waals surface area contributed by atoms with E-state index in [1.54, 1.807) is 6.20 Å². The average Bonchev–Trinajstić information content (AvgIpc) is 2.34. The highest BCUT2D eigenvalue weighted by molar-refractivity contribution is 6.30. The highest BCUT2D eigenvalue weighted by atomic mass is 35.5. The Balaban J connectivity index is 1.96. The zero-order valence-electron chi connectivity index (χ0n) is 10.4. The van der Waals surface area contributed by atoms with Gasteiger partial charge in [-0.15, -0.1) is 0 Å². The monoisotopic (exact) mass is 267 g/mol. The normalized spacial score (nSPS) is 23.7. The molecule has 1 aromatic rings. The van der Waals surface area contributed by atoms with Crippen LogP contribution in [0.15, 0.2) is 12.3 Å². The molecule has 4 nitrogen and oxygen atoms in total. The molecule has 18 heavy (non-hydrogen) atoms. The molecule has 0 aromatic carbocycles. The van der Waals surface area contributed by atoms with Gasteiger partial charge in [-0.1, -0.05) is 11.6 Å². The van der Waals surface area contributed by atoms with Crippen LogP contribution in [-0.4, -0.2) is 16.9 Å². The van der Waals surface area contributed by atoms with E-state index in [1.165, 1.54) is 0 Å². The van der Waals surface area contributed by atoms with Crippen LogP contribution in [0.25, 0.3) is 0 Å². The quantitative estimate of drug-likeness (QED) is 0.809. The predicted octanol–water partition coefficient (Wildman–Crippen LogP) is 2.50. The second-order valence-electron chi connectivity index (χ2n) is 4.93. The number of hydrogen-bond acceptors (Lipinski definition) is 3. The smallest absolute Gasteiger partial charge is 0.227 e. The first-order valence-electron chi connectivity index (χ1n) is 6.25. The van der Waals surface area contributed by atoms with E-state index >= 15 is 0 Å². The molecule has 1 fully saturated rings. The van der Waals surface area contributed by atoms with Gasteiger partial charge >= 0.3 is 0 Å². The Morgan fingerprint density at radius 1 is 1.44 bits per heavy atom. The number of carbonyl (C=O) groups excluding carboxylic acids is 1. The fraction of sp³-hybridized carbons (Fsp3) is 0.538. The van der Waals surface area contributed by atoms with Crippen LogP contribution in [0.1, 0.15) is 31.2 Å². The van der Waals surface area contributed by atoms with Gasteiger partial charge in [-0.3, -0.25) is 4.79 Å². The lowest BCUT2D eigenvalue weighted by Crippen LogP contribution is -2.32. The average molecular weight is 268 g/mol. The maximum absolute atomic E-state index is 12.1. The topological polar surface area (TPSA) is 68.0 Å². The molecular formula is C13H18ClN3O. The Hall–Kier alpha value is -1.13. The van der Waals surface area contributed by atoms with Gasteiger partial charge in [0.05, 0.1) is 11.9 Å². The molecular weight excluding hydrogens is 250 g/mol. The van der Waals surface area contributed by atoms with Crippen molar-refractivity contribution in [1.29, 1.82) is 0 Å². The number of rotatable bonds is 2. The second-order valence-corrected chi connectivity index (χ2v) is 5.29. The largest absolute Gasteiger partial charge is 0.328 e. The standard InChI is InChI=1S/C13H18ClN3O/c1-8-6-11(7-16-12(8)14)17-13(18)9-2-4-10(15)5-3-9/h6-7,9-10H,2-5,15H2,1H3,(H,17,18). The van der Waals surface area contributed by atoms with Gasteiger partial charge in [0.1, 0.15) is 5.15 Å². The summed E-state index contributed by atoms with van der Waals surface area (Å²) in [6, 6.07) is 2.09. The van der Waals surface area contributed by atoms with Crippen molar-refractivity contribution in [2.45, 2.75) is 38.6 Å². The van der Waals surface area contributed by atoms with Gasteiger partial charge in [0, 0.05) is 12.0 Å². The van der Waals surface area contributed by atoms with Gasteiger partial charge in [0.15, 0.2) is 0 Å². The molecule has 1 aromatic heterocycles. The summed E-state index contributed by atoms with van der Waals surface area (Å²) in [4.78, 5) is 16.1. The Morgan fingerprint density at radius 3 is 2.72 bits per heavy atom.